The maximum absolute atomic E-state index is 13.3. The number of alkyl halides is 3. The van der Waals surface area contributed by atoms with Crippen molar-refractivity contribution in [3.63, 3.8) is 0 Å². The van der Waals surface area contributed by atoms with E-state index in [0.29, 0.717) is 12.8 Å². The molecule has 2 aliphatic carbocycles. The Hall–Kier alpha value is -1.53. The zero-order valence-corrected chi connectivity index (χ0v) is 9.54. The van der Waals surface area contributed by atoms with Crippen LogP contribution in [0, 0.1) is 21.4 Å². The van der Waals surface area contributed by atoms with Crippen molar-refractivity contribution in [2.45, 2.75) is 31.9 Å². The molecule has 0 aromatic heterocycles. The Kier molecular flexibility index (Phi) is 2.87. The van der Waals surface area contributed by atoms with E-state index in [1.807, 2.05) is 0 Å². The van der Waals surface area contributed by atoms with Crippen molar-refractivity contribution in [3.05, 3.63) is 33.7 Å². The second kappa shape index (κ2) is 4.00. The number of hydrogen-bond donors (Lipinski definition) is 1. The average molecular weight is 262 g/mol. The van der Waals surface area contributed by atoms with Gasteiger partial charge >= 0.3 is 6.18 Å². The molecule has 1 fully saturated rings. The van der Waals surface area contributed by atoms with Crippen molar-refractivity contribution in [1.82, 2.24) is 0 Å². The highest BCUT2D eigenvalue weighted by Gasteiger charge is 2.64. The molecule has 2 N–H and O–H groups in total. The lowest BCUT2D eigenvalue weighted by atomic mass is 9.72. The van der Waals surface area contributed by atoms with Crippen LogP contribution in [0.4, 0.5) is 13.2 Å². The van der Waals surface area contributed by atoms with Gasteiger partial charge in [0.1, 0.15) is 0 Å². The van der Waals surface area contributed by atoms with Crippen molar-refractivity contribution in [2.75, 3.05) is 0 Å². The van der Waals surface area contributed by atoms with Crippen molar-refractivity contribution < 1.29 is 18.1 Å². The van der Waals surface area contributed by atoms with Crippen LogP contribution in [0.5, 0.6) is 0 Å². The third kappa shape index (κ3) is 2.09. The van der Waals surface area contributed by atoms with E-state index in [9.17, 15) is 23.3 Å². The van der Waals surface area contributed by atoms with E-state index in [4.69, 9.17) is 5.73 Å². The largest absolute Gasteiger partial charge is 0.404 e. The summed E-state index contributed by atoms with van der Waals surface area (Å²) >= 11 is 0. The van der Waals surface area contributed by atoms with Crippen LogP contribution in [0.2, 0.25) is 0 Å². The second-order valence-corrected chi connectivity index (χ2v) is 4.95. The lowest BCUT2D eigenvalue weighted by Crippen LogP contribution is -2.44. The number of nitrogens with zero attached hydrogens (tertiary/aromatic N) is 1. The van der Waals surface area contributed by atoms with E-state index in [1.54, 1.807) is 0 Å². The second-order valence-electron chi connectivity index (χ2n) is 4.95. The van der Waals surface area contributed by atoms with Gasteiger partial charge in [0.05, 0.1) is 4.92 Å². The smallest absolute Gasteiger partial charge is 0.402 e. The van der Waals surface area contributed by atoms with Crippen LogP contribution in [0.3, 0.4) is 0 Å². The summed E-state index contributed by atoms with van der Waals surface area (Å²) < 4.78 is 40.0. The molecule has 7 heteroatoms. The van der Waals surface area contributed by atoms with Gasteiger partial charge in [-0.15, -0.1) is 0 Å². The fourth-order valence-electron chi connectivity index (χ4n) is 2.43. The number of hydrogen-bond acceptors (Lipinski definition) is 3. The summed E-state index contributed by atoms with van der Waals surface area (Å²) in [5.41, 5.74) is 2.30. The van der Waals surface area contributed by atoms with Crippen LogP contribution >= 0.6 is 0 Å². The molecule has 1 unspecified atom stereocenters. The Morgan fingerprint density at radius 1 is 1.44 bits per heavy atom. The SMILES string of the molecule is NC1=CC=C([N+](=O)[O-])C(CC2CC2)(C(F)(F)F)C1. The number of halogens is 3. The van der Waals surface area contributed by atoms with E-state index >= 15 is 0 Å². The Bertz CT molecular complexity index is 438. The monoisotopic (exact) mass is 262 g/mol. The number of nitro groups is 1. The molecule has 18 heavy (non-hydrogen) atoms. The Morgan fingerprint density at radius 3 is 2.50 bits per heavy atom. The van der Waals surface area contributed by atoms with Crippen LogP contribution < -0.4 is 5.73 Å². The highest BCUT2D eigenvalue weighted by Crippen LogP contribution is 2.56. The summed E-state index contributed by atoms with van der Waals surface area (Å²) in [5, 5.41) is 10.9. The molecule has 0 aromatic rings. The molecule has 0 aromatic carbocycles. The van der Waals surface area contributed by atoms with Gasteiger partial charge in [0, 0.05) is 18.2 Å². The Labute approximate surface area is 101 Å². The third-order valence-electron chi connectivity index (χ3n) is 3.52. The lowest BCUT2D eigenvalue weighted by Gasteiger charge is -2.34. The standard InChI is InChI=1S/C11H13F3N2O2/c12-11(13,14)10(5-7-1-2-7)6-8(15)3-4-9(10)16(17)18/h3-4,7H,1-2,5-6,15H2. The molecule has 0 aliphatic heterocycles. The van der Waals surface area contributed by atoms with Crippen LogP contribution in [-0.2, 0) is 0 Å². The molecular weight excluding hydrogens is 249 g/mol. The first kappa shape index (κ1) is 12.9. The first-order chi connectivity index (χ1) is 8.26. The zero-order valence-electron chi connectivity index (χ0n) is 9.54. The Morgan fingerprint density at radius 2 is 2.06 bits per heavy atom. The van der Waals surface area contributed by atoms with Gasteiger partial charge in [0.15, 0.2) is 5.41 Å². The summed E-state index contributed by atoms with van der Waals surface area (Å²) in [7, 11) is 0. The molecule has 1 saturated carbocycles. The summed E-state index contributed by atoms with van der Waals surface area (Å²) in [6.45, 7) is 0. The van der Waals surface area contributed by atoms with Crippen molar-refractivity contribution in [1.29, 1.82) is 0 Å². The number of allylic oxidation sites excluding steroid dienone is 4. The van der Waals surface area contributed by atoms with Gasteiger partial charge in [-0.25, -0.2) is 0 Å². The number of rotatable bonds is 3. The molecule has 0 radical (unpaired) electrons. The molecule has 100 valence electrons. The minimum Gasteiger partial charge on any atom is -0.402 e. The third-order valence-corrected chi connectivity index (χ3v) is 3.52. The minimum absolute atomic E-state index is 0.0403. The fourth-order valence-corrected chi connectivity index (χ4v) is 2.43. The van der Waals surface area contributed by atoms with E-state index in [2.05, 4.69) is 0 Å². The molecule has 2 aliphatic rings. The highest BCUT2D eigenvalue weighted by atomic mass is 19.4. The predicted octanol–water partition coefficient (Wildman–Crippen LogP) is 2.74. The molecule has 0 spiro atoms. The van der Waals surface area contributed by atoms with Gasteiger partial charge in [-0.2, -0.15) is 13.2 Å². The quantitative estimate of drug-likeness (QED) is 0.628. The van der Waals surface area contributed by atoms with Crippen molar-refractivity contribution in [2.24, 2.45) is 17.1 Å². The summed E-state index contributed by atoms with van der Waals surface area (Å²) in [6, 6.07) is 0. The fraction of sp³-hybridized carbons (Fsp3) is 0.636. The average Bonchev–Trinajstić information content (AvgIpc) is 2.99. The van der Waals surface area contributed by atoms with Crippen LogP contribution in [0.1, 0.15) is 25.7 Å². The van der Waals surface area contributed by atoms with Gasteiger partial charge in [0.2, 0.25) is 0 Å². The van der Waals surface area contributed by atoms with Gasteiger partial charge in [-0.1, -0.05) is 12.8 Å². The van der Waals surface area contributed by atoms with Crippen LogP contribution in [0.25, 0.3) is 0 Å². The molecule has 0 amide bonds. The molecule has 2 rings (SSSR count). The summed E-state index contributed by atoms with van der Waals surface area (Å²) in [4.78, 5) is 9.96. The zero-order chi connectivity index (χ0) is 13.6. The lowest BCUT2D eigenvalue weighted by molar-refractivity contribution is -0.456. The summed E-state index contributed by atoms with van der Waals surface area (Å²) in [6.07, 6.45) is -1.92. The van der Waals surface area contributed by atoms with E-state index in [1.165, 1.54) is 6.08 Å². The van der Waals surface area contributed by atoms with E-state index < -0.39 is 28.6 Å². The normalized spacial score (nSPS) is 28.6. The molecule has 0 bridgehead atoms. The van der Waals surface area contributed by atoms with Crippen molar-refractivity contribution >= 4 is 0 Å². The molecule has 1 atom stereocenters. The summed E-state index contributed by atoms with van der Waals surface area (Å²) in [5.74, 6) is -0.0825. The van der Waals surface area contributed by atoms with Crippen LogP contribution in [0.15, 0.2) is 23.5 Å². The topological polar surface area (TPSA) is 69.2 Å². The van der Waals surface area contributed by atoms with E-state index in [0.717, 1.165) is 6.08 Å². The Balaban J connectivity index is 2.46. The molecule has 0 heterocycles. The van der Waals surface area contributed by atoms with Gasteiger partial charge in [0.25, 0.3) is 5.70 Å². The minimum atomic E-state index is -4.66. The van der Waals surface area contributed by atoms with Gasteiger partial charge in [-0.3, -0.25) is 10.1 Å². The first-order valence-corrected chi connectivity index (χ1v) is 5.64. The van der Waals surface area contributed by atoms with Crippen LogP contribution in [-0.4, -0.2) is 11.1 Å². The molecule has 4 nitrogen and oxygen atoms in total. The predicted molar refractivity (Wildman–Crippen MR) is 57.8 cm³/mol. The van der Waals surface area contributed by atoms with E-state index in [-0.39, 0.29) is 18.0 Å². The maximum Gasteiger partial charge on any atom is 0.404 e. The number of nitrogens with two attached hydrogens (primary N) is 1. The molecular formula is C11H13F3N2O2. The highest BCUT2D eigenvalue weighted by molar-refractivity contribution is 5.28. The van der Waals surface area contributed by atoms with Crippen molar-refractivity contribution in [3.8, 4) is 0 Å². The molecule has 0 saturated heterocycles. The van der Waals surface area contributed by atoms with Gasteiger partial charge in [-0.05, 0) is 18.4 Å². The maximum atomic E-state index is 13.3. The first-order valence-electron chi connectivity index (χ1n) is 5.64. The van der Waals surface area contributed by atoms with Gasteiger partial charge < -0.3 is 5.73 Å².